The monoisotopic (exact) mass is 405 g/mol. The molecule has 0 spiro atoms. The van der Waals surface area contributed by atoms with Gasteiger partial charge in [0.15, 0.2) is 0 Å². The van der Waals surface area contributed by atoms with E-state index in [9.17, 15) is 18.0 Å². The molecule has 9 heteroatoms. The largest absolute Gasteiger partial charge is 0.403 e. The molecule has 1 aliphatic carbocycles. The molecule has 6 nitrogen and oxygen atoms in total. The predicted molar refractivity (Wildman–Crippen MR) is 101 cm³/mol. The Hall–Kier alpha value is -0.900. The fourth-order valence-corrected chi connectivity index (χ4v) is 4.78. The molecule has 1 saturated carbocycles. The Morgan fingerprint density at radius 2 is 1.96 bits per heavy atom. The Morgan fingerprint density at radius 3 is 2.64 bits per heavy atom. The molecule has 0 radical (unpaired) electrons. The van der Waals surface area contributed by atoms with Crippen molar-refractivity contribution in [3.05, 3.63) is 0 Å². The van der Waals surface area contributed by atoms with E-state index in [4.69, 9.17) is 0 Å². The summed E-state index contributed by atoms with van der Waals surface area (Å²) in [5.41, 5.74) is 6.34. The lowest BCUT2D eigenvalue weighted by molar-refractivity contribution is -0.164. The van der Waals surface area contributed by atoms with E-state index in [2.05, 4.69) is 40.5 Å². The average Bonchev–Trinajstić information content (AvgIpc) is 3.06. The molecule has 3 aliphatic rings. The van der Waals surface area contributed by atoms with E-state index < -0.39 is 18.3 Å². The highest BCUT2D eigenvalue weighted by Gasteiger charge is 2.43. The third-order valence-corrected chi connectivity index (χ3v) is 6.60. The minimum absolute atomic E-state index is 0.0497. The second-order valence-corrected chi connectivity index (χ2v) is 8.85. The van der Waals surface area contributed by atoms with Gasteiger partial charge in [-0.1, -0.05) is 13.3 Å². The molecular formula is C19H34F3N5O. The number of hydrogen-bond acceptors (Lipinski definition) is 5. The molecule has 0 aromatic rings. The molecule has 2 heterocycles. The predicted octanol–water partition coefficient (Wildman–Crippen LogP) is 2.08. The molecule has 6 unspecified atom stereocenters. The van der Waals surface area contributed by atoms with E-state index in [0.717, 1.165) is 38.8 Å². The van der Waals surface area contributed by atoms with Gasteiger partial charge < -0.3 is 5.32 Å². The standard InChI is InChI=1S/C19H34F3N5O/c1-12(11-27-13(2)10-23-26-27)14-5-3-6-15(9-14)24-18(28)16-7-4-8-17(25-16)19(20,21)22/h12-17,23,25-26H,3-11H2,1-2H3,(H,24,28). The first kappa shape index (κ1) is 21.8. The molecule has 3 fully saturated rings. The van der Waals surface area contributed by atoms with Crippen LogP contribution in [0.1, 0.15) is 58.8 Å². The maximum absolute atomic E-state index is 13.0. The number of hydrogen-bond donors (Lipinski definition) is 4. The van der Waals surface area contributed by atoms with Gasteiger partial charge in [-0.05, 0) is 57.3 Å². The minimum atomic E-state index is -4.29. The molecule has 0 aromatic heterocycles. The molecule has 2 saturated heterocycles. The van der Waals surface area contributed by atoms with E-state index in [0.29, 0.717) is 30.7 Å². The molecule has 4 N–H and O–H groups in total. The molecule has 0 aromatic carbocycles. The Morgan fingerprint density at radius 1 is 1.21 bits per heavy atom. The highest BCUT2D eigenvalue weighted by molar-refractivity contribution is 5.82. The Bertz CT molecular complexity index is 532. The van der Waals surface area contributed by atoms with Crippen molar-refractivity contribution < 1.29 is 18.0 Å². The van der Waals surface area contributed by atoms with Gasteiger partial charge in [-0.3, -0.25) is 10.1 Å². The summed E-state index contributed by atoms with van der Waals surface area (Å²) in [6, 6.07) is -1.80. The number of piperidine rings is 1. The molecule has 162 valence electrons. The Kier molecular flexibility index (Phi) is 7.22. The van der Waals surface area contributed by atoms with Gasteiger partial charge in [0.05, 0.1) is 6.04 Å². The number of hydrazine groups is 2. The van der Waals surface area contributed by atoms with Crippen molar-refractivity contribution in [1.82, 2.24) is 26.6 Å². The van der Waals surface area contributed by atoms with E-state index in [1.165, 1.54) is 0 Å². The van der Waals surface area contributed by atoms with Crippen molar-refractivity contribution in [3.63, 3.8) is 0 Å². The van der Waals surface area contributed by atoms with Crippen LogP contribution in [-0.2, 0) is 4.79 Å². The molecule has 1 amide bonds. The Labute approximate surface area is 165 Å². The molecule has 2 aliphatic heterocycles. The van der Waals surface area contributed by atoms with Gasteiger partial charge in [0, 0.05) is 25.2 Å². The van der Waals surface area contributed by atoms with E-state index in [1.807, 2.05) is 0 Å². The Balaban J connectivity index is 1.48. The summed E-state index contributed by atoms with van der Waals surface area (Å²) in [5.74, 6) is 0.721. The summed E-state index contributed by atoms with van der Waals surface area (Å²) >= 11 is 0. The molecule has 6 atom stereocenters. The molecule has 0 bridgehead atoms. The third-order valence-electron chi connectivity index (χ3n) is 6.60. The number of carbonyl (C=O) groups excluding carboxylic acids is 1. The summed E-state index contributed by atoms with van der Waals surface area (Å²) in [4.78, 5) is 12.6. The van der Waals surface area contributed by atoms with Gasteiger partial charge >= 0.3 is 6.18 Å². The van der Waals surface area contributed by atoms with Crippen LogP contribution in [0.5, 0.6) is 0 Å². The van der Waals surface area contributed by atoms with Gasteiger partial charge in [0.2, 0.25) is 5.91 Å². The number of alkyl halides is 3. The summed E-state index contributed by atoms with van der Waals surface area (Å²) in [6.45, 7) is 6.29. The zero-order chi connectivity index (χ0) is 20.3. The highest BCUT2D eigenvalue weighted by Crippen LogP contribution is 2.32. The van der Waals surface area contributed by atoms with Crippen molar-refractivity contribution in [1.29, 1.82) is 0 Å². The summed E-state index contributed by atoms with van der Waals surface area (Å²) < 4.78 is 38.9. The van der Waals surface area contributed by atoms with Crippen LogP contribution in [0.4, 0.5) is 13.2 Å². The van der Waals surface area contributed by atoms with Gasteiger partial charge in [-0.15, -0.1) is 0 Å². The van der Waals surface area contributed by atoms with Crippen molar-refractivity contribution in [2.75, 3.05) is 13.1 Å². The number of carbonyl (C=O) groups is 1. The number of nitrogens with one attached hydrogen (secondary N) is 4. The lowest BCUT2D eigenvalue weighted by Gasteiger charge is -2.37. The first-order valence-electron chi connectivity index (χ1n) is 10.6. The normalized spacial score (nSPS) is 36.2. The number of rotatable bonds is 5. The zero-order valence-corrected chi connectivity index (χ0v) is 16.8. The lowest BCUT2D eigenvalue weighted by atomic mass is 9.78. The smallest absolute Gasteiger partial charge is 0.352 e. The SMILES string of the molecule is CC(CN1NNCC1C)C1CCCC(NC(=O)C2CCCC(C(F)(F)F)N2)C1. The molecular weight excluding hydrogens is 371 g/mol. The maximum atomic E-state index is 13.0. The molecule has 28 heavy (non-hydrogen) atoms. The first-order valence-corrected chi connectivity index (χ1v) is 10.6. The maximum Gasteiger partial charge on any atom is 0.403 e. The third kappa shape index (κ3) is 5.58. The van der Waals surface area contributed by atoms with Gasteiger partial charge in [0.1, 0.15) is 6.04 Å². The quantitative estimate of drug-likeness (QED) is 0.564. The van der Waals surface area contributed by atoms with Crippen molar-refractivity contribution >= 4 is 5.91 Å². The second-order valence-electron chi connectivity index (χ2n) is 8.85. The van der Waals surface area contributed by atoms with Crippen LogP contribution < -0.4 is 21.6 Å². The summed E-state index contributed by atoms with van der Waals surface area (Å²) in [5, 5.41) is 7.77. The second kappa shape index (κ2) is 9.28. The van der Waals surface area contributed by atoms with Crippen LogP contribution in [0, 0.1) is 11.8 Å². The first-order chi connectivity index (χ1) is 13.2. The minimum Gasteiger partial charge on any atom is -0.352 e. The fourth-order valence-electron chi connectivity index (χ4n) is 4.78. The average molecular weight is 406 g/mol. The van der Waals surface area contributed by atoms with Crippen LogP contribution in [0.2, 0.25) is 0 Å². The van der Waals surface area contributed by atoms with Crippen molar-refractivity contribution in [2.45, 2.75) is 89.1 Å². The van der Waals surface area contributed by atoms with E-state index in [1.54, 1.807) is 0 Å². The van der Waals surface area contributed by atoms with Gasteiger partial charge in [0.25, 0.3) is 0 Å². The zero-order valence-electron chi connectivity index (χ0n) is 16.8. The van der Waals surface area contributed by atoms with E-state index in [-0.39, 0.29) is 18.4 Å². The number of nitrogens with zero attached hydrogens (tertiary/aromatic N) is 1. The van der Waals surface area contributed by atoms with Crippen LogP contribution in [0.15, 0.2) is 0 Å². The van der Waals surface area contributed by atoms with Crippen molar-refractivity contribution in [3.8, 4) is 0 Å². The van der Waals surface area contributed by atoms with E-state index >= 15 is 0 Å². The van der Waals surface area contributed by atoms with Gasteiger partial charge in [-0.25, -0.2) is 10.4 Å². The van der Waals surface area contributed by atoms with Gasteiger partial charge in [-0.2, -0.15) is 18.7 Å². The highest BCUT2D eigenvalue weighted by atomic mass is 19.4. The van der Waals surface area contributed by atoms with Crippen LogP contribution in [0.3, 0.4) is 0 Å². The number of amides is 1. The number of halogens is 3. The van der Waals surface area contributed by atoms with Crippen LogP contribution >= 0.6 is 0 Å². The van der Waals surface area contributed by atoms with Crippen molar-refractivity contribution in [2.24, 2.45) is 11.8 Å². The fraction of sp³-hybridized carbons (Fsp3) is 0.947. The van der Waals surface area contributed by atoms with Crippen LogP contribution in [-0.4, -0.2) is 54.3 Å². The lowest BCUT2D eigenvalue weighted by Crippen LogP contribution is -2.57. The molecule has 3 rings (SSSR count). The summed E-state index contributed by atoms with van der Waals surface area (Å²) in [6.07, 6.45) is 0.646. The van der Waals surface area contributed by atoms with Crippen LogP contribution in [0.25, 0.3) is 0 Å². The summed E-state index contributed by atoms with van der Waals surface area (Å²) in [7, 11) is 0. The topological polar surface area (TPSA) is 68.4 Å².